The summed E-state index contributed by atoms with van der Waals surface area (Å²) in [6, 6.07) is 0. The molecule has 0 amide bonds. The number of nitrogens with zero attached hydrogens (tertiary/aromatic N) is 1. The summed E-state index contributed by atoms with van der Waals surface area (Å²) in [6.07, 6.45) is 1.51. The molecule has 1 rings (SSSR count). The Morgan fingerprint density at radius 2 is 1.93 bits per heavy atom. The molecule has 0 saturated carbocycles. The first-order chi connectivity index (χ1) is 6.94. The minimum atomic E-state index is -0.517. The molecule has 1 fully saturated rings. The summed E-state index contributed by atoms with van der Waals surface area (Å²) in [7, 11) is 1.86. The topological polar surface area (TPSA) is 41.6 Å². The highest BCUT2D eigenvalue weighted by atomic mass is 16.5. The van der Waals surface area contributed by atoms with Crippen molar-refractivity contribution in [1.82, 2.24) is 10.4 Å². The van der Waals surface area contributed by atoms with E-state index in [1.807, 2.05) is 25.9 Å². The lowest BCUT2D eigenvalue weighted by atomic mass is 9.86. The fourth-order valence-corrected chi connectivity index (χ4v) is 2.48. The zero-order valence-corrected chi connectivity index (χ0v) is 10.4. The average Bonchev–Trinajstić information content (AvgIpc) is 2.21. The van der Waals surface area contributed by atoms with Crippen LogP contribution in [0, 0.1) is 0 Å². The molecule has 0 unspecified atom stereocenters. The molecule has 1 N–H and O–H groups in total. The smallest absolute Gasteiger partial charge is 0.327 e. The minimum Gasteiger partial charge on any atom is -0.462 e. The highest BCUT2D eigenvalue weighted by Gasteiger charge is 2.52. The molecule has 0 aliphatic carbocycles. The van der Waals surface area contributed by atoms with E-state index in [9.17, 15) is 4.79 Å². The van der Waals surface area contributed by atoms with Crippen molar-refractivity contribution in [2.24, 2.45) is 0 Å². The molecule has 0 radical (unpaired) electrons. The van der Waals surface area contributed by atoms with E-state index in [-0.39, 0.29) is 11.5 Å². The number of morpholine rings is 1. The van der Waals surface area contributed by atoms with E-state index in [1.165, 1.54) is 0 Å². The SMILES string of the molecule is CCC1(CC)C(=O)OCC(C)(C)N1NC. The van der Waals surface area contributed by atoms with Gasteiger partial charge in [-0.2, -0.15) is 0 Å². The Morgan fingerprint density at radius 3 is 2.27 bits per heavy atom. The molecule has 1 aliphatic rings. The highest BCUT2D eigenvalue weighted by molar-refractivity contribution is 5.81. The van der Waals surface area contributed by atoms with Crippen LogP contribution in [0.15, 0.2) is 0 Å². The summed E-state index contributed by atoms with van der Waals surface area (Å²) in [6.45, 7) is 8.65. The molecule has 0 aromatic heterocycles. The molecule has 88 valence electrons. The Hall–Kier alpha value is -0.610. The van der Waals surface area contributed by atoms with Crippen molar-refractivity contribution in [1.29, 1.82) is 0 Å². The van der Waals surface area contributed by atoms with Gasteiger partial charge in [-0.05, 0) is 33.7 Å². The Bertz CT molecular complexity index is 247. The van der Waals surface area contributed by atoms with Crippen molar-refractivity contribution in [3.63, 3.8) is 0 Å². The van der Waals surface area contributed by atoms with Gasteiger partial charge in [0, 0.05) is 0 Å². The van der Waals surface area contributed by atoms with E-state index in [4.69, 9.17) is 4.74 Å². The molecule has 0 atom stereocenters. The summed E-state index contributed by atoms with van der Waals surface area (Å²) in [5, 5.41) is 2.05. The minimum absolute atomic E-state index is 0.110. The van der Waals surface area contributed by atoms with Gasteiger partial charge in [0.2, 0.25) is 0 Å². The molecule has 15 heavy (non-hydrogen) atoms. The van der Waals surface area contributed by atoms with Gasteiger partial charge in [-0.25, -0.2) is 9.80 Å². The molecule has 1 saturated heterocycles. The van der Waals surface area contributed by atoms with Crippen LogP contribution in [-0.2, 0) is 9.53 Å². The van der Waals surface area contributed by atoms with Gasteiger partial charge in [-0.3, -0.25) is 5.43 Å². The number of rotatable bonds is 3. The summed E-state index contributed by atoms with van der Waals surface area (Å²) >= 11 is 0. The second-order valence-corrected chi connectivity index (χ2v) is 4.69. The van der Waals surface area contributed by atoms with Crippen LogP contribution in [0.25, 0.3) is 0 Å². The van der Waals surface area contributed by atoms with Crippen LogP contribution in [0.1, 0.15) is 40.5 Å². The lowest BCUT2D eigenvalue weighted by Gasteiger charge is -2.52. The van der Waals surface area contributed by atoms with Crippen LogP contribution < -0.4 is 5.43 Å². The zero-order valence-electron chi connectivity index (χ0n) is 10.4. The van der Waals surface area contributed by atoms with Crippen LogP contribution in [0.4, 0.5) is 0 Å². The average molecular weight is 214 g/mol. The Kier molecular flexibility index (Phi) is 3.41. The molecule has 0 aromatic rings. The van der Waals surface area contributed by atoms with Crippen LogP contribution in [0.3, 0.4) is 0 Å². The van der Waals surface area contributed by atoms with Crippen molar-refractivity contribution in [2.45, 2.75) is 51.6 Å². The third-order valence-corrected chi connectivity index (χ3v) is 3.36. The molecule has 1 heterocycles. The summed E-state index contributed by atoms with van der Waals surface area (Å²) in [5.41, 5.74) is 2.47. The number of esters is 1. The van der Waals surface area contributed by atoms with Gasteiger partial charge < -0.3 is 4.74 Å². The maximum atomic E-state index is 11.9. The maximum Gasteiger partial charge on any atom is 0.327 e. The first-order valence-electron chi connectivity index (χ1n) is 5.59. The molecule has 4 nitrogen and oxygen atoms in total. The van der Waals surface area contributed by atoms with Gasteiger partial charge in [0.1, 0.15) is 12.1 Å². The summed E-state index contributed by atoms with van der Waals surface area (Å²) in [5.74, 6) is -0.110. The number of carbonyl (C=O) groups is 1. The first kappa shape index (κ1) is 12.5. The van der Waals surface area contributed by atoms with Gasteiger partial charge in [0.05, 0.1) is 5.54 Å². The van der Waals surface area contributed by atoms with E-state index in [0.29, 0.717) is 6.61 Å². The number of hydrazine groups is 1. The number of ether oxygens (including phenoxy) is 1. The molecule has 1 aliphatic heterocycles. The van der Waals surface area contributed by atoms with Gasteiger partial charge in [-0.15, -0.1) is 0 Å². The van der Waals surface area contributed by atoms with Crippen molar-refractivity contribution < 1.29 is 9.53 Å². The van der Waals surface area contributed by atoms with Gasteiger partial charge in [-0.1, -0.05) is 13.8 Å². The number of hydrogen-bond donors (Lipinski definition) is 1. The molecule has 0 spiro atoms. The van der Waals surface area contributed by atoms with Crippen molar-refractivity contribution in [2.75, 3.05) is 13.7 Å². The second-order valence-electron chi connectivity index (χ2n) is 4.69. The standard InChI is InChI=1S/C11H22N2O2/c1-6-11(7-2)9(14)15-8-10(3,4)13(11)12-5/h12H,6-8H2,1-5H3. The number of hydrogen-bond acceptors (Lipinski definition) is 4. The van der Waals surface area contributed by atoms with E-state index in [1.54, 1.807) is 0 Å². The third-order valence-electron chi connectivity index (χ3n) is 3.36. The van der Waals surface area contributed by atoms with Crippen LogP contribution in [0.5, 0.6) is 0 Å². The highest BCUT2D eigenvalue weighted by Crippen LogP contribution is 2.34. The van der Waals surface area contributed by atoms with E-state index in [2.05, 4.69) is 19.3 Å². The lowest BCUT2D eigenvalue weighted by molar-refractivity contribution is -0.194. The molecular weight excluding hydrogens is 192 g/mol. The second kappa shape index (κ2) is 4.10. The predicted octanol–water partition coefficient (Wildman–Crippen LogP) is 1.32. The fourth-order valence-electron chi connectivity index (χ4n) is 2.48. The predicted molar refractivity (Wildman–Crippen MR) is 59.2 cm³/mol. The summed E-state index contributed by atoms with van der Waals surface area (Å²) in [4.78, 5) is 11.9. The number of carbonyl (C=O) groups excluding carboxylic acids is 1. The van der Waals surface area contributed by atoms with Crippen LogP contribution in [-0.4, -0.2) is 35.7 Å². The van der Waals surface area contributed by atoms with Crippen molar-refractivity contribution in [3.05, 3.63) is 0 Å². The molecular formula is C11H22N2O2. The normalized spacial score (nSPS) is 25.0. The largest absolute Gasteiger partial charge is 0.462 e. The monoisotopic (exact) mass is 214 g/mol. The Morgan fingerprint density at radius 1 is 1.40 bits per heavy atom. The van der Waals surface area contributed by atoms with Gasteiger partial charge in [0.25, 0.3) is 0 Å². The Balaban J connectivity index is 3.11. The van der Waals surface area contributed by atoms with Gasteiger partial charge >= 0.3 is 5.97 Å². The Labute approximate surface area is 91.9 Å². The molecule has 0 bridgehead atoms. The fraction of sp³-hybridized carbons (Fsp3) is 0.909. The van der Waals surface area contributed by atoms with Crippen LogP contribution >= 0.6 is 0 Å². The molecule has 4 heteroatoms. The quantitative estimate of drug-likeness (QED) is 0.719. The number of nitrogens with one attached hydrogen (secondary N) is 1. The van der Waals surface area contributed by atoms with Crippen LogP contribution in [0.2, 0.25) is 0 Å². The third kappa shape index (κ3) is 1.76. The lowest BCUT2D eigenvalue weighted by Crippen LogP contribution is -2.71. The van der Waals surface area contributed by atoms with E-state index in [0.717, 1.165) is 12.8 Å². The van der Waals surface area contributed by atoms with Crippen molar-refractivity contribution >= 4 is 5.97 Å². The number of cyclic esters (lactones) is 1. The van der Waals surface area contributed by atoms with E-state index < -0.39 is 5.54 Å². The maximum absolute atomic E-state index is 11.9. The zero-order chi connectivity index (χ0) is 11.7. The van der Waals surface area contributed by atoms with Crippen molar-refractivity contribution in [3.8, 4) is 0 Å². The first-order valence-corrected chi connectivity index (χ1v) is 5.59. The molecule has 0 aromatic carbocycles. The summed E-state index contributed by atoms with van der Waals surface area (Å²) < 4.78 is 5.30. The van der Waals surface area contributed by atoms with Gasteiger partial charge in [0.15, 0.2) is 0 Å². The van der Waals surface area contributed by atoms with E-state index >= 15 is 0 Å².